The average molecular weight is 458 g/mol. The zero-order chi connectivity index (χ0) is 23.2. The molecule has 0 radical (unpaired) electrons. The molecule has 1 aliphatic carbocycles. The Morgan fingerprint density at radius 2 is 1.85 bits per heavy atom. The van der Waals surface area contributed by atoms with Gasteiger partial charge in [-0.05, 0) is 49.8 Å². The highest BCUT2D eigenvalue weighted by atomic mass is 19.4. The molecule has 1 saturated carbocycles. The normalized spacial score (nSPS) is 19.2. The molecule has 5 rings (SSSR count). The van der Waals surface area contributed by atoms with Gasteiger partial charge in [-0.1, -0.05) is 0 Å². The molecule has 33 heavy (non-hydrogen) atoms. The summed E-state index contributed by atoms with van der Waals surface area (Å²) in [5.41, 5.74) is 1.71. The molecule has 2 fully saturated rings. The molecule has 0 unspecified atom stereocenters. The quantitative estimate of drug-likeness (QED) is 0.551. The second-order valence-corrected chi connectivity index (χ2v) is 8.83. The molecule has 0 amide bonds. The summed E-state index contributed by atoms with van der Waals surface area (Å²) in [5.74, 6) is -0.634. The molecule has 6 nitrogen and oxygen atoms in total. The number of anilines is 2. The highest BCUT2D eigenvalue weighted by Crippen LogP contribution is 2.56. The lowest BCUT2D eigenvalue weighted by Crippen LogP contribution is -2.35. The number of hydrogen-bond donors (Lipinski definition) is 1. The summed E-state index contributed by atoms with van der Waals surface area (Å²) in [6.45, 7) is 3.09. The fourth-order valence-electron chi connectivity index (χ4n) is 4.50. The van der Waals surface area contributed by atoms with Gasteiger partial charge in [-0.2, -0.15) is 13.2 Å². The van der Waals surface area contributed by atoms with Crippen LogP contribution >= 0.6 is 0 Å². The van der Waals surface area contributed by atoms with E-state index in [1.807, 2.05) is 13.0 Å². The summed E-state index contributed by atoms with van der Waals surface area (Å²) in [5, 5.41) is 2.93. The molecule has 1 saturated heterocycles. The minimum absolute atomic E-state index is 0.000236. The summed E-state index contributed by atoms with van der Waals surface area (Å²) in [6.07, 6.45) is 4.27. The Hall–Kier alpha value is -3.30. The maximum absolute atomic E-state index is 14.3. The van der Waals surface area contributed by atoms with E-state index in [1.54, 1.807) is 24.7 Å². The summed E-state index contributed by atoms with van der Waals surface area (Å²) in [4.78, 5) is 19.1. The molecular weight excluding hydrogens is 436 g/mol. The third-order valence-corrected chi connectivity index (χ3v) is 6.38. The number of rotatable bonds is 5. The van der Waals surface area contributed by atoms with E-state index >= 15 is 0 Å². The van der Waals surface area contributed by atoms with E-state index in [2.05, 4.69) is 30.2 Å². The number of nitrogens with zero attached hydrogens (tertiary/aromatic N) is 5. The van der Waals surface area contributed by atoms with Gasteiger partial charge in [-0.15, -0.1) is 0 Å². The first-order valence-corrected chi connectivity index (χ1v) is 10.7. The van der Waals surface area contributed by atoms with Gasteiger partial charge in [-0.25, -0.2) is 19.3 Å². The van der Waals surface area contributed by atoms with E-state index < -0.39 is 17.6 Å². The molecule has 4 heterocycles. The molecule has 1 aliphatic heterocycles. The number of aromatic nitrogens is 4. The van der Waals surface area contributed by atoms with Crippen molar-refractivity contribution in [2.45, 2.75) is 38.4 Å². The summed E-state index contributed by atoms with van der Waals surface area (Å²) in [7, 11) is 0. The van der Waals surface area contributed by atoms with Crippen LogP contribution in [0.1, 0.15) is 30.5 Å². The lowest BCUT2D eigenvalue weighted by Gasteiger charge is -2.29. The molecule has 1 N–H and O–H groups in total. The van der Waals surface area contributed by atoms with Gasteiger partial charge in [0.1, 0.15) is 0 Å². The maximum atomic E-state index is 14.3. The molecule has 0 aromatic carbocycles. The molecule has 10 heteroatoms. The number of alkyl halides is 3. The van der Waals surface area contributed by atoms with Crippen molar-refractivity contribution in [3.8, 4) is 11.4 Å². The van der Waals surface area contributed by atoms with E-state index in [1.165, 1.54) is 0 Å². The van der Waals surface area contributed by atoms with Crippen LogP contribution in [-0.4, -0.2) is 39.1 Å². The monoisotopic (exact) mass is 458 g/mol. The van der Waals surface area contributed by atoms with E-state index in [-0.39, 0.29) is 17.3 Å². The minimum atomic E-state index is -4.64. The zero-order valence-corrected chi connectivity index (χ0v) is 17.9. The molecule has 1 atom stereocenters. The van der Waals surface area contributed by atoms with Gasteiger partial charge in [0.15, 0.2) is 17.5 Å². The van der Waals surface area contributed by atoms with Crippen LogP contribution in [0.3, 0.4) is 0 Å². The number of nitrogens with one attached hydrogen (secondary N) is 1. The maximum Gasteiger partial charge on any atom is 0.417 e. The number of aryl methyl sites for hydroxylation is 1. The summed E-state index contributed by atoms with van der Waals surface area (Å²) < 4.78 is 52.8. The van der Waals surface area contributed by atoms with Gasteiger partial charge in [0.2, 0.25) is 0 Å². The average Bonchev–Trinajstić information content (AvgIpc) is 3.44. The van der Waals surface area contributed by atoms with Crippen LogP contribution in [-0.2, 0) is 6.18 Å². The second-order valence-electron chi connectivity index (χ2n) is 8.83. The topological polar surface area (TPSA) is 66.8 Å². The van der Waals surface area contributed by atoms with Gasteiger partial charge in [0.05, 0.1) is 16.8 Å². The third-order valence-electron chi connectivity index (χ3n) is 6.38. The van der Waals surface area contributed by atoms with Crippen molar-refractivity contribution >= 4 is 11.5 Å². The van der Waals surface area contributed by atoms with Crippen LogP contribution in [0, 0.1) is 18.2 Å². The highest BCUT2D eigenvalue weighted by molar-refractivity contribution is 5.75. The van der Waals surface area contributed by atoms with Gasteiger partial charge in [0.25, 0.3) is 0 Å². The summed E-state index contributed by atoms with van der Waals surface area (Å²) in [6, 6.07) is 4.22. The van der Waals surface area contributed by atoms with Gasteiger partial charge >= 0.3 is 6.18 Å². The van der Waals surface area contributed by atoms with Crippen LogP contribution in [0.4, 0.5) is 29.1 Å². The molecule has 172 valence electrons. The van der Waals surface area contributed by atoms with Crippen molar-refractivity contribution in [1.82, 2.24) is 19.9 Å². The first-order valence-electron chi connectivity index (χ1n) is 10.7. The Morgan fingerprint density at radius 1 is 1.09 bits per heavy atom. The second kappa shape index (κ2) is 7.93. The predicted octanol–water partition coefficient (Wildman–Crippen LogP) is 4.87. The minimum Gasteiger partial charge on any atom is -0.366 e. The Morgan fingerprint density at radius 3 is 2.52 bits per heavy atom. The van der Waals surface area contributed by atoms with Crippen molar-refractivity contribution in [3.63, 3.8) is 0 Å². The molecule has 1 spiro atoms. The summed E-state index contributed by atoms with van der Waals surface area (Å²) >= 11 is 0. The fourth-order valence-corrected chi connectivity index (χ4v) is 4.50. The highest BCUT2D eigenvalue weighted by Gasteiger charge is 2.52. The van der Waals surface area contributed by atoms with Crippen molar-refractivity contribution < 1.29 is 17.6 Å². The smallest absolute Gasteiger partial charge is 0.366 e. The van der Waals surface area contributed by atoms with Gasteiger partial charge in [0, 0.05) is 49.6 Å². The first kappa shape index (κ1) is 21.5. The molecular formula is C23H22F4N6. The lowest BCUT2D eigenvalue weighted by atomic mass is 10.0. The van der Waals surface area contributed by atoms with Gasteiger partial charge < -0.3 is 10.2 Å². The number of hydrogen-bond acceptors (Lipinski definition) is 6. The molecule has 3 aromatic rings. The Balaban J connectivity index is 1.42. The van der Waals surface area contributed by atoms with Crippen molar-refractivity contribution in [1.29, 1.82) is 0 Å². The largest absolute Gasteiger partial charge is 0.417 e. The Bertz CT molecular complexity index is 1160. The van der Waals surface area contributed by atoms with Crippen molar-refractivity contribution in [2.75, 3.05) is 23.3 Å². The predicted molar refractivity (Wildman–Crippen MR) is 115 cm³/mol. The fraction of sp³-hybridized carbons (Fsp3) is 0.391. The molecule has 2 aliphatic rings. The lowest BCUT2D eigenvalue weighted by molar-refractivity contribution is -0.138. The van der Waals surface area contributed by atoms with Crippen LogP contribution in [0.5, 0.6) is 0 Å². The Labute approximate surface area is 188 Å². The third kappa shape index (κ3) is 4.34. The van der Waals surface area contributed by atoms with Crippen molar-refractivity contribution in [3.05, 3.63) is 60.1 Å². The SMILES string of the molecule is Cc1cc(N2CC3(CC3)C[C@H]2CNc2ncc(C(F)(F)F)cc2F)c(-c2ncccn2)cn1. The van der Waals surface area contributed by atoms with Crippen LogP contribution in [0.25, 0.3) is 11.4 Å². The molecule has 0 bridgehead atoms. The molecule has 3 aromatic heterocycles. The van der Waals surface area contributed by atoms with E-state index in [0.717, 1.165) is 42.8 Å². The first-order chi connectivity index (χ1) is 15.7. The number of halogens is 4. The van der Waals surface area contributed by atoms with E-state index in [9.17, 15) is 17.6 Å². The van der Waals surface area contributed by atoms with Crippen LogP contribution < -0.4 is 10.2 Å². The number of pyridine rings is 2. The Kier molecular flexibility index (Phi) is 5.18. The van der Waals surface area contributed by atoms with Crippen LogP contribution in [0.15, 0.2) is 43.0 Å². The van der Waals surface area contributed by atoms with E-state index in [0.29, 0.717) is 24.6 Å². The van der Waals surface area contributed by atoms with E-state index in [4.69, 9.17) is 0 Å². The van der Waals surface area contributed by atoms with Crippen LogP contribution in [0.2, 0.25) is 0 Å². The standard InChI is InChI=1S/C23H22F4N6/c1-14-7-19(17(12-30-14)20-28-5-2-6-29-20)33-13-22(3-4-22)9-16(33)11-32-21-18(24)8-15(10-31-21)23(25,26)27/h2,5-8,10,12,16H,3-4,9,11,13H2,1H3,(H,31,32)/t16-/m0/s1. The zero-order valence-electron chi connectivity index (χ0n) is 17.9. The van der Waals surface area contributed by atoms with Crippen molar-refractivity contribution in [2.24, 2.45) is 5.41 Å². The van der Waals surface area contributed by atoms with Gasteiger partial charge in [-0.3, -0.25) is 4.98 Å².